The van der Waals surface area contributed by atoms with Gasteiger partial charge < -0.3 is 9.80 Å². The highest BCUT2D eigenvalue weighted by molar-refractivity contribution is 5.92. The maximum Gasteiger partial charge on any atom is 0.272 e. The van der Waals surface area contributed by atoms with Crippen LogP contribution in [0.2, 0.25) is 0 Å². The van der Waals surface area contributed by atoms with Crippen molar-refractivity contribution in [3.05, 3.63) is 24.0 Å². The number of amides is 1. The van der Waals surface area contributed by atoms with Crippen molar-refractivity contribution in [2.45, 2.75) is 52.4 Å². The van der Waals surface area contributed by atoms with E-state index in [0.717, 1.165) is 44.7 Å². The summed E-state index contributed by atoms with van der Waals surface area (Å²) in [7, 11) is 0. The van der Waals surface area contributed by atoms with Gasteiger partial charge in [0.25, 0.3) is 5.91 Å². The van der Waals surface area contributed by atoms with Crippen LogP contribution in [0.5, 0.6) is 0 Å². The molecular formula is C18H29N3O. The van der Waals surface area contributed by atoms with Crippen molar-refractivity contribution in [3.8, 4) is 0 Å². The molecule has 2 heterocycles. The van der Waals surface area contributed by atoms with E-state index in [2.05, 4.69) is 29.8 Å². The maximum absolute atomic E-state index is 12.5. The molecule has 0 spiro atoms. The zero-order valence-electron chi connectivity index (χ0n) is 14.1. The smallest absolute Gasteiger partial charge is 0.272 e. The number of pyridine rings is 1. The lowest BCUT2D eigenvalue weighted by molar-refractivity contribution is 0.0749. The molecule has 0 N–H and O–H groups in total. The second kappa shape index (κ2) is 8.76. The predicted octanol–water partition coefficient (Wildman–Crippen LogP) is 3.72. The molecule has 22 heavy (non-hydrogen) atoms. The molecule has 1 aromatic heterocycles. The van der Waals surface area contributed by atoms with Crippen LogP contribution in [0, 0.1) is 0 Å². The highest BCUT2D eigenvalue weighted by atomic mass is 16.2. The van der Waals surface area contributed by atoms with E-state index in [0.29, 0.717) is 5.69 Å². The van der Waals surface area contributed by atoms with Crippen molar-refractivity contribution in [3.63, 3.8) is 0 Å². The highest BCUT2D eigenvalue weighted by Gasteiger charge is 2.16. The van der Waals surface area contributed by atoms with Crippen LogP contribution in [0.1, 0.15) is 62.9 Å². The van der Waals surface area contributed by atoms with Crippen molar-refractivity contribution < 1.29 is 4.79 Å². The molecule has 1 aromatic rings. The molecule has 0 atom stereocenters. The SMILES string of the molecule is CCCN(CCC)C(=O)c1ccc(N2CCCCCC2)cn1. The first-order chi connectivity index (χ1) is 10.8. The number of anilines is 1. The van der Waals surface area contributed by atoms with Gasteiger partial charge in [0.2, 0.25) is 0 Å². The van der Waals surface area contributed by atoms with Crippen molar-refractivity contribution in [2.24, 2.45) is 0 Å². The number of nitrogens with zero attached hydrogens (tertiary/aromatic N) is 3. The Morgan fingerprint density at radius 3 is 2.23 bits per heavy atom. The Morgan fingerprint density at radius 1 is 1.09 bits per heavy atom. The Morgan fingerprint density at radius 2 is 1.73 bits per heavy atom. The van der Waals surface area contributed by atoms with Gasteiger partial charge in [0.15, 0.2) is 0 Å². The quantitative estimate of drug-likeness (QED) is 0.803. The molecule has 0 aliphatic carbocycles. The van der Waals surface area contributed by atoms with Gasteiger partial charge in [-0.1, -0.05) is 26.7 Å². The van der Waals surface area contributed by atoms with E-state index < -0.39 is 0 Å². The van der Waals surface area contributed by atoms with Crippen molar-refractivity contribution in [1.82, 2.24) is 9.88 Å². The lowest BCUT2D eigenvalue weighted by Gasteiger charge is -2.23. The first-order valence-electron chi connectivity index (χ1n) is 8.76. The normalized spacial score (nSPS) is 15.5. The van der Waals surface area contributed by atoms with Crippen LogP contribution in [-0.2, 0) is 0 Å². The van der Waals surface area contributed by atoms with Gasteiger partial charge in [0, 0.05) is 26.2 Å². The Hall–Kier alpha value is -1.58. The van der Waals surface area contributed by atoms with Gasteiger partial charge in [-0.15, -0.1) is 0 Å². The summed E-state index contributed by atoms with van der Waals surface area (Å²) in [6.45, 7) is 8.03. The van der Waals surface area contributed by atoms with E-state index in [1.807, 2.05) is 17.2 Å². The summed E-state index contributed by atoms with van der Waals surface area (Å²) < 4.78 is 0. The number of rotatable bonds is 6. The second-order valence-electron chi connectivity index (χ2n) is 6.10. The monoisotopic (exact) mass is 303 g/mol. The first-order valence-corrected chi connectivity index (χ1v) is 8.76. The van der Waals surface area contributed by atoms with Crippen LogP contribution < -0.4 is 4.90 Å². The maximum atomic E-state index is 12.5. The fraction of sp³-hybridized carbons (Fsp3) is 0.667. The minimum atomic E-state index is 0.0612. The highest BCUT2D eigenvalue weighted by Crippen LogP contribution is 2.19. The zero-order valence-corrected chi connectivity index (χ0v) is 14.1. The molecule has 0 aromatic carbocycles. The molecule has 1 aliphatic rings. The third kappa shape index (κ3) is 4.46. The molecule has 0 saturated carbocycles. The van der Waals surface area contributed by atoms with Crippen LogP contribution in [0.25, 0.3) is 0 Å². The topological polar surface area (TPSA) is 36.4 Å². The van der Waals surface area contributed by atoms with Gasteiger partial charge in [0.1, 0.15) is 5.69 Å². The number of hydrogen-bond acceptors (Lipinski definition) is 3. The van der Waals surface area contributed by atoms with Crippen molar-refractivity contribution in [1.29, 1.82) is 0 Å². The van der Waals surface area contributed by atoms with Crippen LogP contribution in [0.15, 0.2) is 18.3 Å². The zero-order chi connectivity index (χ0) is 15.8. The standard InChI is InChI=1S/C18H29N3O/c1-3-11-21(12-4-2)18(22)17-10-9-16(15-19-17)20-13-7-5-6-8-14-20/h9-10,15H,3-8,11-14H2,1-2H3. The van der Waals surface area contributed by atoms with E-state index >= 15 is 0 Å². The van der Waals surface area contributed by atoms with Gasteiger partial charge >= 0.3 is 0 Å². The third-order valence-electron chi connectivity index (χ3n) is 4.21. The summed E-state index contributed by atoms with van der Waals surface area (Å²) in [5, 5.41) is 0. The van der Waals surface area contributed by atoms with Gasteiger partial charge in [-0.05, 0) is 37.8 Å². The Labute approximate surface area is 134 Å². The molecule has 4 heteroatoms. The van der Waals surface area contributed by atoms with Crippen molar-refractivity contribution in [2.75, 3.05) is 31.1 Å². The molecule has 2 rings (SSSR count). The number of carbonyl (C=O) groups is 1. The average molecular weight is 303 g/mol. The number of hydrogen-bond donors (Lipinski definition) is 0. The van der Waals surface area contributed by atoms with E-state index in [-0.39, 0.29) is 5.91 Å². The molecule has 0 radical (unpaired) electrons. The van der Waals surface area contributed by atoms with Crippen LogP contribution in [0.3, 0.4) is 0 Å². The van der Waals surface area contributed by atoms with Crippen LogP contribution in [-0.4, -0.2) is 42.0 Å². The lowest BCUT2D eigenvalue weighted by Crippen LogP contribution is -2.33. The first kappa shape index (κ1) is 16.8. The molecule has 0 unspecified atom stereocenters. The molecule has 1 amide bonds. The van der Waals surface area contributed by atoms with E-state index in [4.69, 9.17) is 0 Å². The summed E-state index contributed by atoms with van der Waals surface area (Å²) in [6, 6.07) is 3.95. The lowest BCUT2D eigenvalue weighted by atomic mass is 10.2. The van der Waals surface area contributed by atoms with Gasteiger partial charge in [-0.2, -0.15) is 0 Å². The van der Waals surface area contributed by atoms with E-state index in [1.165, 1.54) is 25.7 Å². The van der Waals surface area contributed by atoms with Crippen LogP contribution >= 0.6 is 0 Å². The summed E-state index contributed by atoms with van der Waals surface area (Å²) in [6.07, 6.45) is 8.99. The van der Waals surface area contributed by atoms with Gasteiger partial charge in [-0.25, -0.2) is 4.98 Å². The fourth-order valence-electron chi connectivity index (χ4n) is 3.05. The summed E-state index contributed by atoms with van der Waals surface area (Å²) in [4.78, 5) is 21.3. The molecule has 0 bridgehead atoms. The summed E-state index contributed by atoms with van der Waals surface area (Å²) in [5.74, 6) is 0.0612. The molecule has 1 aliphatic heterocycles. The Bertz CT molecular complexity index is 444. The predicted molar refractivity (Wildman–Crippen MR) is 91.4 cm³/mol. The van der Waals surface area contributed by atoms with E-state index in [9.17, 15) is 4.79 Å². The minimum absolute atomic E-state index is 0.0612. The third-order valence-corrected chi connectivity index (χ3v) is 4.21. The molecule has 1 fully saturated rings. The van der Waals surface area contributed by atoms with Gasteiger partial charge in [-0.3, -0.25) is 4.79 Å². The Balaban J connectivity index is 2.04. The summed E-state index contributed by atoms with van der Waals surface area (Å²) >= 11 is 0. The molecule has 122 valence electrons. The van der Waals surface area contributed by atoms with E-state index in [1.54, 1.807) is 0 Å². The van der Waals surface area contributed by atoms with Crippen molar-refractivity contribution >= 4 is 11.6 Å². The summed E-state index contributed by atoms with van der Waals surface area (Å²) in [5.41, 5.74) is 1.72. The fourth-order valence-corrected chi connectivity index (χ4v) is 3.05. The minimum Gasteiger partial charge on any atom is -0.370 e. The molecule has 1 saturated heterocycles. The van der Waals surface area contributed by atoms with Gasteiger partial charge in [0.05, 0.1) is 11.9 Å². The molecular weight excluding hydrogens is 274 g/mol. The molecule has 4 nitrogen and oxygen atoms in total. The van der Waals surface area contributed by atoms with Crippen LogP contribution in [0.4, 0.5) is 5.69 Å². The Kier molecular flexibility index (Phi) is 6.69. The second-order valence-corrected chi connectivity index (χ2v) is 6.10. The average Bonchev–Trinajstić information content (AvgIpc) is 2.83. The largest absolute Gasteiger partial charge is 0.370 e. The number of aromatic nitrogens is 1. The number of carbonyl (C=O) groups excluding carboxylic acids is 1.